The minimum atomic E-state index is -0.434. The second kappa shape index (κ2) is 5.63. The lowest BCUT2D eigenvalue weighted by molar-refractivity contribution is -0.130. The van der Waals surface area contributed by atoms with Gasteiger partial charge in [-0.2, -0.15) is 0 Å². The van der Waals surface area contributed by atoms with Crippen LogP contribution in [0.2, 0.25) is 0 Å². The van der Waals surface area contributed by atoms with E-state index in [1.54, 1.807) is 6.20 Å². The summed E-state index contributed by atoms with van der Waals surface area (Å²) in [7, 11) is 1.87. The number of anilines is 1. The smallest absolute Gasteiger partial charge is 0.365 e. The van der Waals surface area contributed by atoms with Crippen LogP contribution in [0, 0.1) is 0 Å². The number of cyclic esters (lactones) is 1. The quantitative estimate of drug-likeness (QED) is 0.640. The van der Waals surface area contributed by atoms with Gasteiger partial charge in [-0.3, -0.25) is 0 Å². The summed E-state index contributed by atoms with van der Waals surface area (Å²) in [6.45, 7) is 0. The lowest BCUT2D eigenvalue weighted by atomic mass is 10.2. The van der Waals surface area contributed by atoms with Crippen molar-refractivity contribution in [3.05, 3.63) is 78.1 Å². The van der Waals surface area contributed by atoms with Crippen molar-refractivity contribution in [1.82, 2.24) is 0 Å². The molecule has 0 N–H and O–H groups in total. The maximum absolute atomic E-state index is 11.9. The zero-order chi connectivity index (χ0) is 14.7. The number of hydrogen-bond donors (Lipinski definition) is 0. The largest absolute Gasteiger partial charge is 0.402 e. The Morgan fingerprint density at radius 2 is 1.62 bits per heavy atom. The highest BCUT2D eigenvalue weighted by atomic mass is 16.6. The number of nitrogens with zero attached hydrogens (tertiary/aromatic N) is 2. The summed E-state index contributed by atoms with van der Waals surface area (Å²) in [6, 6.07) is 19.1. The average molecular weight is 278 g/mol. The second-order valence-corrected chi connectivity index (χ2v) is 4.63. The van der Waals surface area contributed by atoms with Crippen molar-refractivity contribution >= 4 is 17.6 Å². The molecule has 0 aromatic heterocycles. The van der Waals surface area contributed by atoms with Crippen LogP contribution in [0.4, 0.5) is 5.69 Å². The van der Waals surface area contributed by atoms with Crippen LogP contribution in [0.1, 0.15) is 5.56 Å². The van der Waals surface area contributed by atoms with Crippen LogP contribution in [0.3, 0.4) is 0 Å². The van der Waals surface area contributed by atoms with Crippen LogP contribution >= 0.6 is 0 Å². The SMILES string of the molecule is CN(/C=C1/N=C(c2ccccc2)OC1=O)c1ccccc1. The van der Waals surface area contributed by atoms with Crippen molar-refractivity contribution < 1.29 is 9.53 Å². The number of carbonyl (C=O) groups excluding carboxylic acids is 1. The zero-order valence-electron chi connectivity index (χ0n) is 11.6. The first-order chi connectivity index (χ1) is 10.2. The van der Waals surface area contributed by atoms with Crippen molar-refractivity contribution in [2.24, 2.45) is 4.99 Å². The monoisotopic (exact) mass is 278 g/mol. The number of ether oxygens (including phenoxy) is 1. The third kappa shape index (κ3) is 2.84. The summed E-state index contributed by atoms with van der Waals surface area (Å²) in [5.74, 6) is -0.0926. The summed E-state index contributed by atoms with van der Waals surface area (Å²) in [6.07, 6.45) is 1.67. The maximum Gasteiger partial charge on any atom is 0.365 e. The molecule has 0 spiro atoms. The van der Waals surface area contributed by atoms with Gasteiger partial charge in [-0.05, 0) is 24.3 Å². The summed E-state index contributed by atoms with van der Waals surface area (Å²) in [5, 5.41) is 0. The van der Waals surface area contributed by atoms with Gasteiger partial charge in [0.1, 0.15) is 0 Å². The van der Waals surface area contributed by atoms with E-state index in [2.05, 4.69) is 4.99 Å². The van der Waals surface area contributed by atoms with Crippen molar-refractivity contribution in [1.29, 1.82) is 0 Å². The van der Waals surface area contributed by atoms with E-state index in [9.17, 15) is 4.79 Å². The molecule has 21 heavy (non-hydrogen) atoms. The molecule has 0 radical (unpaired) electrons. The summed E-state index contributed by atoms with van der Waals surface area (Å²) >= 11 is 0. The molecule has 2 aromatic carbocycles. The van der Waals surface area contributed by atoms with E-state index in [1.807, 2.05) is 72.6 Å². The van der Waals surface area contributed by atoms with Gasteiger partial charge in [0.05, 0.1) is 0 Å². The van der Waals surface area contributed by atoms with Crippen LogP contribution in [-0.2, 0) is 9.53 Å². The third-order valence-corrected chi connectivity index (χ3v) is 3.12. The van der Waals surface area contributed by atoms with E-state index in [-0.39, 0.29) is 0 Å². The molecular formula is C17H14N2O2. The van der Waals surface area contributed by atoms with Gasteiger partial charge in [0.25, 0.3) is 0 Å². The molecule has 0 unspecified atom stereocenters. The molecule has 0 amide bonds. The second-order valence-electron chi connectivity index (χ2n) is 4.63. The molecule has 1 aliphatic rings. The average Bonchev–Trinajstić information content (AvgIpc) is 2.90. The standard InChI is InChI=1S/C17H14N2O2/c1-19(14-10-6-3-7-11-14)12-15-17(20)21-16(18-15)13-8-4-2-5-9-13/h2-12H,1H3/b15-12+. The topological polar surface area (TPSA) is 41.9 Å². The normalized spacial score (nSPS) is 15.8. The third-order valence-electron chi connectivity index (χ3n) is 3.12. The Morgan fingerprint density at radius 3 is 2.29 bits per heavy atom. The molecule has 2 aromatic rings. The highest BCUT2D eigenvalue weighted by molar-refractivity contribution is 6.11. The number of rotatable bonds is 3. The molecule has 0 bridgehead atoms. The first kappa shape index (κ1) is 13.1. The number of esters is 1. The summed E-state index contributed by atoms with van der Waals surface area (Å²) in [4.78, 5) is 18.0. The van der Waals surface area contributed by atoms with Crippen molar-refractivity contribution in [3.63, 3.8) is 0 Å². The molecule has 0 aliphatic carbocycles. The number of benzene rings is 2. The van der Waals surface area contributed by atoms with E-state index in [0.717, 1.165) is 11.3 Å². The fraction of sp³-hybridized carbons (Fsp3) is 0.0588. The highest BCUT2D eigenvalue weighted by Gasteiger charge is 2.24. The molecule has 0 atom stereocenters. The maximum atomic E-state index is 11.9. The lowest BCUT2D eigenvalue weighted by Gasteiger charge is -2.13. The fourth-order valence-corrected chi connectivity index (χ4v) is 2.02. The summed E-state index contributed by atoms with van der Waals surface area (Å²) in [5.41, 5.74) is 2.05. The van der Waals surface area contributed by atoms with Crippen molar-refractivity contribution in [3.8, 4) is 0 Å². The predicted molar refractivity (Wildman–Crippen MR) is 82.0 cm³/mol. The number of carbonyl (C=O) groups is 1. The van der Waals surface area contributed by atoms with E-state index < -0.39 is 5.97 Å². The molecule has 0 saturated carbocycles. The van der Waals surface area contributed by atoms with Gasteiger partial charge >= 0.3 is 5.97 Å². The van der Waals surface area contributed by atoms with Gasteiger partial charge in [0, 0.05) is 24.5 Å². The lowest BCUT2D eigenvalue weighted by Crippen LogP contribution is -2.11. The molecule has 0 fully saturated rings. The Balaban J connectivity index is 1.87. The Labute approximate surface area is 123 Å². The first-order valence-electron chi connectivity index (χ1n) is 6.60. The van der Waals surface area contributed by atoms with Crippen LogP contribution < -0.4 is 4.90 Å². The van der Waals surface area contributed by atoms with Crippen molar-refractivity contribution in [2.45, 2.75) is 0 Å². The number of aliphatic imine (C=N–C) groups is 1. The van der Waals surface area contributed by atoms with E-state index in [0.29, 0.717) is 11.6 Å². The van der Waals surface area contributed by atoms with Gasteiger partial charge < -0.3 is 9.64 Å². The first-order valence-corrected chi connectivity index (χ1v) is 6.60. The van der Waals surface area contributed by atoms with E-state index in [4.69, 9.17) is 4.74 Å². The van der Waals surface area contributed by atoms with Gasteiger partial charge in [0.15, 0.2) is 5.70 Å². The molecule has 4 nitrogen and oxygen atoms in total. The summed E-state index contributed by atoms with van der Waals surface area (Å²) < 4.78 is 5.21. The molecule has 0 saturated heterocycles. The highest BCUT2D eigenvalue weighted by Crippen LogP contribution is 2.19. The van der Waals surface area contributed by atoms with Crippen molar-refractivity contribution in [2.75, 3.05) is 11.9 Å². The van der Waals surface area contributed by atoms with Crippen LogP contribution in [-0.4, -0.2) is 18.9 Å². The number of para-hydroxylation sites is 1. The molecule has 1 aliphatic heterocycles. The Morgan fingerprint density at radius 1 is 1.00 bits per heavy atom. The zero-order valence-corrected chi connectivity index (χ0v) is 11.6. The Kier molecular flexibility index (Phi) is 3.51. The molecule has 3 rings (SSSR count). The molecule has 4 heteroatoms. The van der Waals surface area contributed by atoms with Gasteiger partial charge in [-0.15, -0.1) is 0 Å². The minimum Gasteiger partial charge on any atom is -0.402 e. The Bertz CT molecular complexity index is 706. The van der Waals surface area contributed by atoms with E-state index in [1.165, 1.54) is 0 Å². The Hall–Kier alpha value is -2.88. The fourth-order valence-electron chi connectivity index (χ4n) is 2.02. The molecule has 1 heterocycles. The van der Waals surface area contributed by atoms with Gasteiger partial charge in [0.2, 0.25) is 5.90 Å². The molecular weight excluding hydrogens is 264 g/mol. The van der Waals surface area contributed by atoms with Crippen LogP contribution in [0.5, 0.6) is 0 Å². The van der Waals surface area contributed by atoms with E-state index >= 15 is 0 Å². The predicted octanol–water partition coefficient (Wildman–Crippen LogP) is 2.97. The van der Waals surface area contributed by atoms with Crippen LogP contribution in [0.15, 0.2) is 77.6 Å². The van der Waals surface area contributed by atoms with Gasteiger partial charge in [-0.1, -0.05) is 36.4 Å². The number of hydrogen-bond acceptors (Lipinski definition) is 4. The minimum absolute atomic E-state index is 0.292. The van der Waals surface area contributed by atoms with Crippen LogP contribution in [0.25, 0.3) is 0 Å². The molecule has 104 valence electrons. The van der Waals surface area contributed by atoms with Gasteiger partial charge in [-0.25, -0.2) is 9.79 Å².